The van der Waals surface area contributed by atoms with Crippen LogP contribution in [0.25, 0.3) is 0 Å². The van der Waals surface area contributed by atoms with E-state index in [9.17, 15) is 4.79 Å². The molecule has 0 unspecified atom stereocenters. The molecule has 1 aromatic heterocycles. The number of aryl methyl sites for hydroxylation is 2. The Morgan fingerprint density at radius 2 is 2.14 bits per heavy atom. The lowest BCUT2D eigenvalue weighted by molar-refractivity contribution is 0.141. The fourth-order valence-electron chi connectivity index (χ4n) is 1.75. The lowest BCUT2D eigenvalue weighted by atomic mass is 10.2. The van der Waals surface area contributed by atoms with Crippen LogP contribution >= 0.6 is 0 Å². The summed E-state index contributed by atoms with van der Waals surface area (Å²) in [5.41, 5.74) is 2.68. The molecule has 0 atom stereocenters. The number of nitrogens with zero attached hydrogens (tertiary/aromatic N) is 2. The number of carbonyl (C=O) groups is 1. The molecule has 108 valence electrons. The molecule has 2 rings (SSSR count). The molecule has 0 aliphatic rings. The summed E-state index contributed by atoms with van der Waals surface area (Å²) in [4.78, 5) is 11.5. The van der Waals surface area contributed by atoms with Crippen LogP contribution < -0.4 is 5.32 Å². The van der Waals surface area contributed by atoms with Crippen molar-refractivity contribution >= 4 is 6.09 Å². The van der Waals surface area contributed by atoms with Crippen LogP contribution in [0.3, 0.4) is 0 Å². The van der Waals surface area contributed by atoms with Crippen molar-refractivity contribution in [1.82, 2.24) is 15.1 Å². The van der Waals surface area contributed by atoms with E-state index in [0.717, 1.165) is 16.8 Å². The monoisotopic (exact) mass is 283 g/mol. The first-order chi connectivity index (χ1) is 10.1. The zero-order valence-electron chi connectivity index (χ0n) is 12.1. The minimum Gasteiger partial charge on any atom is -0.445 e. The third-order valence-electron chi connectivity index (χ3n) is 2.77. The maximum atomic E-state index is 11.5. The first-order valence-corrected chi connectivity index (χ1v) is 6.59. The van der Waals surface area contributed by atoms with Gasteiger partial charge in [-0.05, 0) is 12.5 Å². The van der Waals surface area contributed by atoms with E-state index in [2.05, 4.69) is 22.3 Å². The minimum absolute atomic E-state index is 0.238. The highest BCUT2D eigenvalue weighted by atomic mass is 16.5. The molecular formula is C16H17N3O2. The van der Waals surface area contributed by atoms with Gasteiger partial charge in [0.1, 0.15) is 6.61 Å². The molecule has 0 aliphatic carbocycles. The Labute approximate surface area is 123 Å². The van der Waals surface area contributed by atoms with Crippen LogP contribution in [-0.4, -0.2) is 22.4 Å². The van der Waals surface area contributed by atoms with Gasteiger partial charge >= 0.3 is 6.09 Å². The van der Waals surface area contributed by atoms with Gasteiger partial charge in [-0.3, -0.25) is 4.68 Å². The summed E-state index contributed by atoms with van der Waals surface area (Å²) in [5, 5.41) is 6.78. The quantitative estimate of drug-likeness (QED) is 0.877. The molecular weight excluding hydrogens is 266 g/mol. The molecule has 0 spiro atoms. The topological polar surface area (TPSA) is 56.2 Å². The lowest BCUT2D eigenvalue weighted by Crippen LogP contribution is -2.24. The van der Waals surface area contributed by atoms with E-state index >= 15 is 0 Å². The van der Waals surface area contributed by atoms with E-state index < -0.39 is 6.09 Å². The Morgan fingerprint density at radius 3 is 2.81 bits per heavy atom. The summed E-state index contributed by atoms with van der Waals surface area (Å²) >= 11 is 0. The largest absolute Gasteiger partial charge is 0.445 e. The number of alkyl carbamates (subject to hydrolysis) is 1. The summed E-state index contributed by atoms with van der Waals surface area (Å²) < 4.78 is 6.78. The van der Waals surface area contributed by atoms with Crippen LogP contribution in [0.15, 0.2) is 36.5 Å². The van der Waals surface area contributed by atoms with Gasteiger partial charge in [-0.1, -0.05) is 42.2 Å². The number of hydrogen-bond acceptors (Lipinski definition) is 3. The van der Waals surface area contributed by atoms with E-state index in [1.807, 2.05) is 50.5 Å². The number of carbonyl (C=O) groups excluding carboxylic acids is 1. The highest BCUT2D eigenvalue weighted by molar-refractivity contribution is 5.67. The summed E-state index contributed by atoms with van der Waals surface area (Å²) in [6.07, 6.45) is 1.37. The molecule has 0 fully saturated rings. The van der Waals surface area contributed by atoms with Crippen LogP contribution in [0.1, 0.15) is 16.8 Å². The average molecular weight is 283 g/mol. The van der Waals surface area contributed by atoms with Crippen molar-refractivity contribution in [2.45, 2.75) is 13.5 Å². The maximum absolute atomic E-state index is 11.5. The first-order valence-electron chi connectivity index (χ1n) is 6.59. The van der Waals surface area contributed by atoms with Crippen LogP contribution in [0, 0.1) is 18.8 Å². The number of hydrogen-bond donors (Lipinski definition) is 1. The summed E-state index contributed by atoms with van der Waals surface area (Å²) in [6.45, 7) is 2.38. The molecule has 5 heteroatoms. The van der Waals surface area contributed by atoms with Gasteiger partial charge in [0.15, 0.2) is 0 Å². The summed E-state index contributed by atoms with van der Waals surface area (Å²) in [6, 6.07) is 9.52. The summed E-state index contributed by atoms with van der Waals surface area (Å²) in [5.74, 6) is 5.83. The Bertz CT molecular complexity index is 666. The lowest BCUT2D eigenvalue weighted by Gasteiger charge is -2.04. The Balaban J connectivity index is 1.74. The third kappa shape index (κ3) is 4.69. The van der Waals surface area contributed by atoms with Gasteiger partial charge in [0.2, 0.25) is 0 Å². The van der Waals surface area contributed by atoms with E-state index in [0.29, 0.717) is 0 Å². The van der Waals surface area contributed by atoms with E-state index in [1.165, 1.54) is 0 Å². The molecule has 1 heterocycles. The molecule has 0 saturated heterocycles. The molecule has 0 aliphatic heterocycles. The maximum Gasteiger partial charge on any atom is 0.408 e. The molecule has 0 saturated carbocycles. The second-order valence-corrected chi connectivity index (χ2v) is 4.52. The molecule has 21 heavy (non-hydrogen) atoms. The fourth-order valence-corrected chi connectivity index (χ4v) is 1.75. The number of amides is 1. The van der Waals surface area contributed by atoms with Crippen molar-refractivity contribution in [3.05, 3.63) is 53.3 Å². The minimum atomic E-state index is -0.476. The first kappa shape index (κ1) is 14.7. The van der Waals surface area contributed by atoms with Crippen molar-refractivity contribution in [2.75, 3.05) is 6.54 Å². The Kier molecular flexibility index (Phi) is 4.99. The molecule has 5 nitrogen and oxygen atoms in total. The third-order valence-corrected chi connectivity index (χ3v) is 2.77. The highest BCUT2D eigenvalue weighted by Gasteiger charge is 2.01. The Morgan fingerprint density at radius 1 is 1.38 bits per heavy atom. The van der Waals surface area contributed by atoms with Gasteiger partial charge in [0.25, 0.3) is 0 Å². The molecule has 0 bridgehead atoms. The number of rotatable bonds is 3. The normalized spacial score (nSPS) is 9.62. The van der Waals surface area contributed by atoms with Gasteiger partial charge in [-0.25, -0.2) is 4.79 Å². The average Bonchev–Trinajstić information content (AvgIpc) is 2.80. The van der Waals surface area contributed by atoms with Gasteiger partial charge in [0.05, 0.1) is 17.8 Å². The fraction of sp³-hybridized carbons (Fsp3) is 0.250. The van der Waals surface area contributed by atoms with Crippen molar-refractivity contribution < 1.29 is 9.53 Å². The molecule has 1 amide bonds. The van der Waals surface area contributed by atoms with Gasteiger partial charge in [-0.15, -0.1) is 0 Å². The van der Waals surface area contributed by atoms with Gasteiger partial charge in [-0.2, -0.15) is 5.10 Å². The number of benzene rings is 1. The van der Waals surface area contributed by atoms with Gasteiger partial charge in [0, 0.05) is 13.2 Å². The SMILES string of the molecule is Cc1nn(C)cc1C#CCNC(=O)OCc1ccccc1. The molecule has 1 aromatic carbocycles. The van der Waals surface area contributed by atoms with Crippen molar-refractivity contribution in [3.8, 4) is 11.8 Å². The molecule has 1 N–H and O–H groups in total. The smallest absolute Gasteiger partial charge is 0.408 e. The number of nitrogens with one attached hydrogen (secondary N) is 1. The van der Waals surface area contributed by atoms with Crippen molar-refractivity contribution in [3.63, 3.8) is 0 Å². The van der Waals surface area contributed by atoms with E-state index in [1.54, 1.807) is 4.68 Å². The zero-order valence-corrected chi connectivity index (χ0v) is 12.1. The van der Waals surface area contributed by atoms with Crippen LogP contribution in [0.2, 0.25) is 0 Å². The van der Waals surface area contributed by atoms with Crippen LogP contribution in [0.4, 0.5) is 4.79 Å². The Hall–Kier alpha value is -2.74. The summed E-state index contributed by atoms with van der Waals surface area (Å²) in [7, 11) is 1.84. The van der Waals surface area contributed by atoms with Crippen LogP contribution in [0.5, 0.6) is 0 Å². The predicted octanol–water partition coefficient (Wildman–Crippen LogP) is 2.01. The van der Waals surface area contributed by atoms with Gasteiger partial charge < -0.3 is 10.1 Å². The number of ether oxygens (including phenoxy) is 1. The van der Waals surface area contributed by atoms with Crippen molar-refractivity contribution in [1.29, 1.82) is 0 Å². The zero-order chi connectivity index (χ0) is 15.1. The van der Waals surface area contributed by atoms with Crippen LogP contribution in [-0.2, 0) is 18.4 Å². The highest BCUT2D eigenvalue weighted by Crippen LogP contribution is 2.01. The van der Waals surface area contributed by atoms with E-state index in [-0.39, 0.29) is 13.2 Å². The van der Waals surface area contributed by atoms with Crippen molar-refractivity contribution in [2.24, 2.45) is 7.05 Å². The standard InChI is InChI=1S/C16H17N3O2/c1-13-15(11-19(2)18-13)9-6-10-17-16(20)21-12-14-7-4-3-5-8-14/h3-5,7-8,11H,10,12H2,1-2H3,(H,17,20). The number of aromatic nitrogens is 2. The molecule has 0 radical (unpaired) electrons. The van der Waals surface area contributed by atoms with E-state index in [4.69, 9.17) is 4.74 Å². The second-order valence-electron chi connectivity index (χ2n) is 4.52. The predicted molar refractivity (Wildman–Crippen MR) is 79.5 cm³/mol. The second kappa shape index (κ2) is 7.15. The molecule has 2 aromatic rings.